The molecule has 1 amide bonds. The number of amides is 1. The van der Waals surface area contributed by atoms with E-state index in [0.717, 1.165) is 5.56 Å². The molecule has 0 unspecified atom stereocenters. The molecule has 2 aromatic rings. The molecule has 6 nitrogen and oxygen atoms in total. The lowest BCUT2D eigenvalue weighted by Crippen LogP contribution is -2.42. The van der Waals surface area contributed by atoms with Crippen LogP contribution in [0.3, 0.4) is 0 Å². The molecule has 1 N–H and O–H groups in total. The number of nitrogens with one attached hydrogen (secondary N) is 1. The number of hydrogen-bond acceptors (Lipinski definition) is 5. The molecule has 0 aliphatic carbocycles. The average Bonchev–Trinajstić information content (AvgIpc) is 2.66. The Morgan fingerprint density at radius 2 is 1.65 bits per heavy atom. The van der Waals surface area contributed by atoms with Crippen LogP contribution in [0, 0.1) is 0 Å². The molecular weight excluding hydrogens is 334 g/mol. The number of esters is 1. The Balaban J connectivity index is 1.96. The highest BCUT2D eigenvalue weighted by molar-refractivity contribution is 5.98. The van der Waals surface area contributed by atoms with E-state index in [1.807, 2.05) is 30.3 Å². The second-order valence-electron chi connectivity index (χ2n) is 5.70. The van der Waals surface area contributed by atoms with Crippen molar-refractivity contribution in [1.82, 2.24) is 5.32 Å². The van der Waals surface area contributed by atoms with Gasteiger partial charge in [0, 0.05) is 18.9 Å². The molecule has 1 atom stereocenters. The topological polar surface area (TPSA) is 81.7 Å². The van der Waals surface area contributed by atoms with Crippen molar-refractivity contribution in [3.63, 3.8) is 0 Å². The van der Waals surface area contributed by atoms with Crippen LogP contribution < -0.4 is 10.1 Å². The van der Waals surface area contributed by atoms with Crippen LogP contribution in [0.25, 0.3) is 0 Å². The fourth-order valence-electron chi connectivity index (χ4n) is 2.39. The number of benzene rings is 2. The number of Topliss-reactive ketones (excluding diaryl/α,β-unsaturated/α-hetero) is 1. The Labute approximate surface area is 152 Å². The third kappa shape index (κ3) is 5.73. The fraction of sp³-hybridized carbons (Fsp3) is 0.250. The van der Waals surface area contributed by atoms with Gasteiger partial charge < -0.3 is 14.8 Å². The monoisotopic (exact) mass is 355 g/mol. The lowest BCUT2D eigenvalue weighted by atomic mass is 10.1. The van der Waals surface area contributed by atoms with Crippen molar-refractivity contribution >= 4 is 17.7 Å². The van der Waals surface area contributed by atoms with E-state index in [-0.39, 0.29) is 18.1 Å². The van der Waals surface area contributed by atoms with Crippen molar-refractivity contribution < 1.29 is 23.9 Å². The van der Waals surface area contributed by atoms with Gasteiger partial charge in [0.15, 0.2) is 12.4 Å². The third-order valence-electron chi connectivity index (χ3n) is 3.70. The highest BCUT2D eigenvalue weighted by Gasteiger charge is 2.22. The van der Waals surface area contributed by atoms with Crippen LogP contribution in [-0.2, 0) is 20.7 Å². The maximum absolute atomic E-state index is 12.3. The van der Waals surface area contributed by atoms with Crippen LogP contribution in [0.15, 0.2) is 54.6 Å². The van der Waals surface area contributed by atoms with Gasteiger partial charge in [0.25, 0.3) is 0 Å². The zero-order valence-corrected chi connectivity index (χ0v) is 14.7. The van der Waals surface area contributed by atoms with Crippen LogP contribution in [0.4, 0.5) is 0 Å². The molecule has 0 aliphatic rings. The number of ether oxygens (including phenoxy) is 2. The van der Waals surface area contributed by atoms with E-state index in [1.54, 1.807) is 24.3 Å². The Kier molecular flexibility index (Phi) is 6.91. The van der Waals surface area contributed by atoms with E-state index in [9.17, 15) is 14.4 Å². The number of ketones is 1. The molecule has 136 valence electrons. The third-order valence-corrected chi connectivity index (χ3v) is 3.70. The summed E-state index contributed by atoms with van der Waals surface area (Å²) in [4.78, 5) is 35.8. The van der Waals surface area contributed by atoms with Gasteiger partial charge in [0.2, 0.25) is 5.91 Å². The van der Waals surface area contributed by atoms with Crippen molar-refractivity contribution in [3.05, 3.63) is 65.7 Å². The number of hydrogen-bond donors (Lipinski definition) is 1. The number of methoxy groups -OCH3 is 1. The molecular formula is C20H21NO5. The van der Waals surface area contributed by atoms with Crippen molar-refractivity contribution in [3.8, 4) is 5.75 Å². The quantitative estimate of drug-likeness (QED) is 0.580. The molecule has 0 saturated heterocycles. The van der Waals surface area contributed by atoms with Crippen molar-refractivity contribution in [2.24, 2.45) is 0 Å². The minimum Gasteiger partial charge on any atom is -0.497 e. The van der Waals surface area contributed by atoms with E-state index in [0.29, 0.717) is 11.3 Å². The predicted octanol–water partition coefficient (Wildman–Crippen LogP) is 2.17. The van der Waals surface area contributed by atoms with E-state index < -0.39 is 18.6 Å². The lowest BCUT2D eigenvalue weighted by Gasteiger charge is -2.16. The molecule has 0 radical (unpaired) electrons. The summed E-state index contributed by atoms with van der Waals surface area (Å²) in [6.45, 7) is 0.934. The SMILES string of the molecule is COc1ccc(C(=O)COC(=O)[C@H](Cc2ccccc2)NC(C)=O)cc1. The van der Waals surface area contributed by atoms with Crippen molar-refractivity contribution in [2.45, 2.75) is 19.4 Å². The Morgan fingerprint density at radius 3 is 2.23 bits per heavy atom. The van der Waals surface area contributed by atoms with Gasteiger partial charge in [-0.05, 0) is 29.8 Å². The normalized spacial score (nSPS) is 11.3. The zero-order chi connectivity index (χ0) is 18.9. The summed E-state index contributed by atoms with van der Waals surface area (Å²) < 4.78 is 10.2. The van der Waals surface area contributed by atoms with E-state index in [4.69, 9.17) is 9.47 Å². The highest BCUT2D eigenvalue weighted by Crippen LogP contribution is 2.12. The maximum Gasteiger partial charge on any atom is 0.329 e. The summed E-state index contributed by atoms with van der Waals surface area (Å²) >= 11 is 0. The van der Waals surface area contributed by atoms with Gasteiger partial charge in [-0.2, -0.15) is 0 Å². The van der Waals surface area contributed by atoms with Crippen molar-refractivity contribution in [2.75, 3.05) is 13.7 Å². The first-order chi connectivity index (χ1) is 12.5. The van der Waals surface area contributed by atoms with Crippen LogP contribution in [0.2, 0.25) is 0 Å². The minimum atomic E-state index is -0.849. The maximum atomic E-state index is 12.3. The van der Waals surface area contributed by atoms with Gasteiger partial charge >= 0.3 is 5.97 Å². The zero-order valence-electron chi connectivity index (χ0n) is 14.7. The van der Waals surface area contributed by atoms with Gasteiger partial charge in [-0.15, -0.1) is 0 Å². The second-order valence-corrected chi connectivity index (χ2v) is 5.70. The first-order valence-electron chi connectivity index (χ1n) is 8.14. The van der Waals surface area contributed by atoms with Gasteiger partial charge in [-0.3, -0.25) is 9.59 Å². The first kappa shape index (κ1) is 19.2. The number of carbonyl (C=O) groups excluding carboxylic acids is 3. The van der Waals surface area contributed by atoms with Crippen LogP contribution in [-0.4, -0.2) is 37.4 Å². The Bertz CT molecular complexity index is 756. The van der Waals surface area contributed by atoms with Crippen LogP contribution >= 0.6 is 0 Å². The number of carbonyl (C=O) groups is 3. The molecule has 6 heteroatoms. The molecule has 0 aromatic heterocycles. The Hall–Kier alpha value is -3.15. The Morgan fingerprint density at radius 1 is 1.00 bits per heavy atom. The van der Waals surface area contributed by atoms with Gasteiger partial charge in [-0.1, -0.05) is 30.3 Å². The highest BCUT2D eigenvalue weighted by atomic mass is 16.5. The second kappa shape index (κ2) is 9.36. The van der Waals surface area contributed by atoms with E-state index >= 15 is 0 Å². The molecule has 2 aromatic carbocycles. The van der Waals surface area contributed by atoms with E-state index in [2.05, 4.69) is 5.32 Å². The summed E-state index contributed by atoms with van der Waals surface area (Å²) in [5.41, 5.74) is 1.29. The fourth-order valence-corrected chi connectivity index (χ4v) is 2.39. The van der Waals surface area contributed by atoms with E-state index in [1.165, 1.54) is 14.0 Å². The lowest BCUT2D eigenvalue weighted by molar-refractivity contribution is -0.146. The van der Waals surface area contributed by atoms with Crippen LogP contribution in [0.5, 0.6) is 5.75 Å². The van der Waals surface area contributed by atoms with Gasteiger partial charge in [-0.25, -0.2) is 4.79 Å². The van der Waals surface area contributed by atoms with Crippen molar-refractivity contribution in [1.29, 1.82) is 0 Å². The largest absolute Gasteiger partial charge is 0.497 e. The number of rotatable bonds is 8. The van der Waals surface area contributed by atoms with Crippen LogP contribution in [0.1, 0.15) is 22.8 Å². The van der Waals surface area contributed by atoms with Gasteiger partial charge in [0.1, 0.15) is 11.8 Å². The summed E-state index contributed by atoms with van der Waals surface area (Å²) in [5, 5.41) is 2.57. The molecule has 0 bridgehead atoms. The molecule has 0 saturated carbocycles. The summed E-state index contributed by atoms with van der Waals surface area (Å²) in [6, 6.07) is 14.9. The molecule has 0 fully saturated rings. The average molecular weight is 355 g/mol. The first-order valence-corrected chi connectivity index (χ1v) is 8.14. The molecule has 0 aliphatic heterocycles. The standard InChI is InChI=1S/C20H21NO5/c1-14(22)21-18(12-15-6-4-3-5-7-15)20(24)26-13-19(23)16-8-10-17(25-2)11-9-16/h3-11,18H,12-13H2,1-2H3,(H,21,22)/t18-/m0/s1. The molecule has 0 heterocycles. The molecule has 2 rings (SSSR count). The molecule has 0 spiro atoms. The predicted molar refractivity (Wildman–Crippen MR) is 96.0 cm³/mol. The summed E-state index contributed by atoms with van der Waals surface area (Å²) in [5.74, 6) is -0.690. The minimum absolute atomic E-state index is 0.288. The smallest absolute Gasteiger partial charge is 0.329 e. The summed E-state index contributed by atoms with van der Waals surface area (Å²) in [7, 11) is 1.54. The van der Waals surface area contributed by atoms with Gasteiger partial charge in [0.05, 0.1) is 7.11 Å². The molecule has 26 heavy (non-hydrogen) atoms. The summed E-state index contributed by atoms with van der Waals surface area (Å²) in [6.07, 6.45) is 0.288.